The molecule has 5 nitrogen and oxygen atoms in total. The zero-order chi connectivity index (χ0) is 26.3. The molecule has 0 radical (unpaired) electrons. The van der Waals surface area contributed by atoms with Gasteiger partial charge in [-0.05, 0) is 48.7 Å². The summed E-state index contributed by atoms with van der Waals surface area (Å²) >= 11 is 0. The van der Waals surface area contributed by atoms with E-state index in [9.17, 15) is 18.4 Å². The summed E-state index contributed by atoms with van der Waals surface area (Å²) in [6.07, 6.45) is 3.62. The van der Waals surface area contributed by atoms with Gasteiger partial charge in [-0.1, -0.05) is 81.3 Å². The molecule has 0 bridgehead atoms. The number of hydrogen-bond donors (Lipinski definition) is 3. The number of halogens is 2. The molecule has 0 fully saturated rings. The predicted molar refractivity (Wildman–Crippen MR) is 139 cm³/mol. The van der Waals surface area contributed by atoms with Gasteiger partial charge in [-0.15, -0.1) is 0 Å². The Kier molecular flexibility index (Phi) is 12.3. The Balaban J connectivity index is 0.000000255. The van der Waals surface area contributed by atoms with E-state index < -0.39 is 23.6 Å². The van der Waals surface area contributed by atoms with Crippen LogP contribution in [0.2, 0.25) is 0 Å². The number of hydrogen-bond acceptors (Lipinski definition) is 4. The molecule has 3 rings (SSSR count). The van der Waals surface area contributed by atoms with Crippen LogP contribution in [0.25, 0.3) is 0 Å². The van der Waals surface area contributed by atoms with Gasteiger partial charge in [0.15, 0.2) is 11.8 Å². The number of rotatable bonds is 12. The number of benzene rings is 3. The van der Waals surface area contributed by atoms with Gasteiger partial charge in [0.1, 0.15) is 11.6 Å². The van der Waals surface area contributed by atoms with E-state index in [0.29, 0.717) is 12.1 Å². The molecule has 0 aromatic heterocycles. The summed E-state index contributed by atoms with van der Waals surface area (Å²) in [6, 6.07) is 19.1. The summed E-state index contributed by atoms with van der Waals surface area (Å²) in [6.45, 7) is 5.83. The SMILES string of the molecule is CCC(CC)CCNCC(=O)c1ccccc1.O=C(O)C(Nc1ccccc1F)c1ccc(F)cc1. The molecule has 1 atom stereocenters. The summed E-state index contributed by atoms with van der Waals surface area (Å²) in [5.41, 5.74) is 1.22. The lowest BCUT2D eigenvalue weighted by atomic mass is 10.00. The fraction of sp³-hybridized carbons (Fsp3) is 0.310. The first kappa shape index (κ1) is 28.7. The molecular formula is C29H34F2N2O3. The number of nitrogens with one attached hydrogen (secondary N) is 2. The van der Waals surface area contributed by atoms with Crippen molar-refractivity contribution in [3.05, 3.63) is 102 Å². The highest BCUT2D eigenvalue weighted by Crippen LogP contribution is 2.22. The maximum Gasteiger partial charge on any atom is 0.330 e. The first-order valence-corrected chi connectivity index (χ1v) is 12.1. The van der Waals surface area contributed by atoms with E-state index in [0.717, 1.165) is 36.6 Å². The lowest BCUT2D eigenvalue weighted by Crippen LogP contribution is -2.25. The third kappa shape index (κ3) is 9.58. The van der Waals surface area contributed by atoms with E-state index in [-0.39, 0.29) is 11.5 Å². The Hall–Kier alpha value is -3.58. The molecule has 36 heavy (non-hydrogen) atoms. The standard InChI is InChI=1S/C15H23NO.C14H11F2NO2/c1-3-13(4-2)10-11-16-12-15(17)14-8-6-5-7-9-14;15-10-7-5-9(6-8-10)13(14(18)19)17-12-4-2-1-3-11(12)16/h5-9,13,16H,3-4,10-12H2,1-2H3;1-8,13,17H,(H,18,19). The van der Waals surface area contributed by atoms with E-state index in [1.807, 2.05) is 30.3 Å². The molecule has 0 heterocycles. The van der Waals surface area contributed by atoms with Gasteiger partial charge in [0.05, 0.1) is 12.2 Å². The van der Waals surface area contributed by atoms with E-state index in [1.54, 1.807) is 6.07 Å². The van der Waals surface area contributed by atoms with Crippen LogP contribution in [0.5, 0.6) is 0 Å². The van der Waals surface area contributed by atoms with Gasteiger partial charge in [0.25, 0.3) is 0 Å². The van der Waals surface area contributed by atoms with Gasteiger partial charge < -0.3 is 15.7 Å². The zero-order valence-corrected chi connectivity index (χ0v) is 20.7. The molecule has 0 saturated heterocycles. The molecule has 0 spiro atoms. The Labute approximate surface area is 211 Å². The van der Waals surface area contributed by atoms with Crippen LogP contribution in [0.3, 0.4) is 0 Å². The second-order valence-corrected chi connectivity index (χ2v) is 8.38. The summed E-state index contributed by atoms with van der Waals surface area (Å²) < 4.78 is 26.3. The van der Waals surface area contributed by atoms with Crippen molar-refractivity contribution in [1.29, 1.82) is 0 Å². The summed E-state index contributed by atoms with van der Waals surface area (Å²) in [5, 5.41) is 15.0. The van der Waals surface area contributed by atoms with Gasteiger partial charge in [-0.3, -0.25) is 4.79 Å². The van der Waals surface area contributed by atoms with Crippen LogP contribution >= 0.6 is 0 Å². The molecule has 1 unspecified atom stereocenters. The molecule has 0 aliphatic carbocycles. The first-order chi connectivity index (χ1) is 17.3. The van der Waals surface area contributed by atoms with Crippen molar-refractivity contribution < 1.29 is 23.5 Å². The smallest absolute Gasteiger partial charge is 0.330 e. The van der Waals surface area contributed by atoms with E-state index in [2.05, 4.69) is 24.5 Å². The van der Waals surface area contributed by atoms with Crippen molar-refractivity contribution in [2.75, 3.05) is 18.4 Å². The molecule has 0 saturated carbocycles. The van der Waals surface area contributed by atoms with Crippen LogP contribution in [0.1, 0.15) is 55.1 Å². The van der Waals surface area contributed by atoms with Crippen LogP contribution in [0, 0.1) is 17.6 Å². The van der Waals surface area contributed by atoms with Crippen molar-refractivity contribution >= 4 is 17.4 Å². The number of carboxylic acid groups (broad SMARTS) is 1. The summed E-state index contributed by atoms with van der Waals surface area (Å²) in [7, 11) is 0. The molecule has 0 aliphatic rings. The predicted octanol–water partition coefficient (Wildman–Crippen LogP) is 6.49. The number of aliphatic carboxylic acids is 1. The summed E-state index contributed by atoms with van der Waals surface area (Å²) in [4.78, 5) is 23.0. The van der Waals surface area contributed by atoms with E-state index >= 15 is 0 Å². The molecule has 192 valence electrons. The summed E-state index contributed by atoms with van der Waals surface area (Å²) in [5.74, 6) is -1.21. The second-order valence-electron chi connectivity index (χ2n) is 8.38. The lowest BCUT2D eigenvalue weighted by Gasteiger charge is -2.16. The number of para-hydroxylation sites is 1. The maximum absolute atomic E-state index is 13.5. The number of carbonyl (C=O) groups is 2. The van der Waals surface area contributed by atoms with Crippen molar-refractivity contribution in [2.45, 2.75) is 39.2 Å². The van der Waals surface area contributed by atoms with Crippen molar-refractivity contribution in [1.82, 2.24) is 5.32 Å². The zero-order valence-electron chi connectivity index (χ0n) is 20.7. The van der Waals surface area contributed by atoms with Crippen LogP contribution in [-0.2, 0) is 4.79 Å². The van der Waals surface area contributed by atoms with Crippen LogP contribution in [0.4, 0.5) is 14.5 Å². The highest BCUT2D eigenvalue weighted by molar-refractivity contribution is 5.97. The van der Waals surface area contributed by atoms with Crippen molar-refractivity contribution in [3.63, 3.8) is 0 Å². The average Bonchev–Trinajstić information content (AvgIpc) is 2.89. The molecule has 3 aromatic carbocycles. The fourth-order valence-corrected chi connectivity index (χ4v) is 3.61. The van der Waals surface area contributed by atoms with Gasteiger partial charge in [0, 0.05) is 5.56 Å². The minimum Gasteiger partial charge on any atom is -0.479 e. The highest BCUT2D eigenvalue weighted by Gasteiger charge is 2.20. The fourth-order valence-electron chi connectivity index (χ4n) is 3.61. The van der Waals surface area contributed by atoms with E-state index in [1.165, 1.54) is 43.2 Å². The second kappa shape index (κ2) is 15.4. The van der Waals surface area contributed by atoms with Gasteiger partial charge in [-0.2, -0.15) is 0 Å². The average molecular weight is 497 g/mol. The Morgan fingerprint density at radius 1 is 0.861 bits per heavy atom. The number of anilines is 1. The van der Waals surface area contributed by atoms with Gasteiger partial charge >= 0.3 is 5.97 Å². The largest absolute Gasteiger partial charge is 0.479 e. The Morgan fingerprint density at radius 3 is 2.06 bits per heavy atom. The molecule has 3 aromatic rings. The minimum absolute atomic E-state index is 0.0826. The normalized spacial score (nSPS) is 11.4. The first-order valence-electron chi connectivity index (χ1n) is 12.1. The number of Topliss-reactive ketones (excluding diaryl/α,β-unsaturated/α-hetero) is 1. The number of ketones is 1. The molecular weight excluding hydrogens is 462 g/mol. The molecule has 7 heteroatoms. The quantitative estimate of drug-likeness (QED) is 0.197. The molecule has 3 N–H and O–H groups in total. The topological polar surface area (TPSA) is 78.4 Å². The minimum atomic E-state index is -1.17. The van der Waals surface area contributed by atoms with Gasteiger partial charge in [0.2, 0.25) is 0 Å². The maximum atomic E-state index is 13.5. The monoisotopic (exact) mass is 496 g/mol. The van der Waals surface area contributed by atoms with Crippen LogP contribution < -0.4 is 10.6 Å². The third-order valence-electron chi connectivity index (χ3n) is 5.89. The van der Waals surface area contributed by atoms with Crippen molar-refractivity contribution in [2.24, 2.45) is 5.92 Å². The van der Waals surface area contributed by atoms with E-state index in [4.69, 9.17) is 5.11 Å². The lowest BCUT2D eigenvalue weighted by molar-refractivity contribution is -0.138. The van der Waals surface area contributed by atoms with Crippen LogP contribution in [-0.4, -0.2) is 29.9 Å². The Bertz CT molecular complexity index is 1070. The third-order valence-corrected chi connectivity index (χ3v) is 5.89. The number of carbonyl (C=O) groups excluding carboxylic acids is 1. The number of carboxylic acids is 1. The molecule has 0 amide bonds. The highest BCUT2D eigenvalue weighted by atomic mass is 19.1. The Morgan fingerprint density at radius 2 is 1.47 bits per heavy atom. The van der Waals surface area contributed by atoms with Crippen molar-refractivity contribution in [3.8, 4) is 0 Å². The van der Waals surface area contributed by atoms with Crippen LogP contribution in [0.15, 0.2) is 78.9 Å². The molecule has 0 aliphatic heterocycles. The van der Waals surface area contributed by atoms with Gasteiger partial charge in [-0.25, -0.2) is 13.6 Å².